The molecular formula is C25H41N3O. The number of carbonyl (C=O) groups is 1. The molecule has 162 valence electrons. The van der Waals surface area contributed by atoms with Crippen LogP contribution < -0.4 is 0 Å². The Hall–Kier alpha value is -1.39. The molecule has 4 nitrogen and oxygen atoms in total. The smallest absolute Gasteiger partial charge is 0.239 e. The van der Waals surface area contributed by atoms with E-state index in [1.165, 1.54) is 62.7 Å². The van der Waals surface area contributed by atoms with Crippen molar-refractivity contribution < 1.29 is 4.79 Å². The van der Waals surface area contributed by atoms with Gasteiger partial charge < -0.3 is 9.80 Å². The molecule has 1 aliphatic heterocycles. The minimum Gasteiger partial charge on any atom is -0.338 e. The van der Waals surface area contributed by atoms with E-state index in [4.69, 9.17) is 0 Å². The molecule has 0 spiro atoms. The molecule has 1 atom stereocenters. The van der Waals surface area contributed by atoms with Crippen molar-refractivity contribution in [1.29, 1.82) is 0 Å². The van der Waals surface area contributed by atoms with E-state index in [1.54, 1.807) is 0 Å². The van der Waals surface area contributed by atoms with Gasteiger partial charge in [-0.05, 0) is 90.2 Å². The van der Waals surface area contributed by atoms with Gasteiger partial charge in [0.2, 0.25) is 5.91 Å². The Morgan fingerprint density at radius 3 is 2.38 bits per heavy atom. The molecule has 1 saturated heterocycles. The van der Waals surface area contributed by atoms with Gasteiger partial charge >= 0.3 is 0 Å². The van der Waals surface area contributed by atoms with E-state index in [-0.39, 0.29) is 6.04 Å². The number of piperidine rings is 1. The lowest BCUT2D eigenvalue weighted by Gasteiger charge is -2.39. The summed E-state index contributed by atoms with van der Waals surface area (Å²) in [6.45, 7) is 8.73. The number of benzene rings is 1. The highest BCUT2D eigenvalue weighted by Gasteiger charge is 2.32. The van der Waals surface area contributed by atoms with E-state index in [2.05, 4.69) is 52.8 Å². The normalized spacial score (nSPS) is 20.3. The van der Waals surface area contributed by atoms with Crippen molar-refractivity contribution in [3.05, 3.63) is 35.4 Å². The summed E-state index contributed by atoms with van der Waals surface area (Å²) in [6.07, 6.45) is 8.54. The quantitative estimate of drug-likeness (QED) is 0.662. The number of nitrogens with zero attached hydrogens (tertiary/aromatic N) is 3. The zero-order chi connectivity index (χ0) is 20.8. The number of aryl methyl sites for hydroxylation is 1. The van der Waals surface area contributed by atoms with Crippen LogP contribution in [0.2, 0.25) is 0 Å². The fourth-order valence-electron chi connectivity index (χ4n) is 4.94. The molecule has 2 aliphatic rings. The van der Waals surface area contributed by atoms with E-state index in [0.717, 1.165) is 19.5 Å². The van der Waals surface area contributed by atoms with Crippen LogP contribution in [-0.4, -0.2) is 73.0 Å². The highest BCUT2D eigenvalue weighted by atomic mass is 16.2. The van der Waals surface area contributed by atoms with Crippen molar-refractivity contribution in [1.82, 2.24) is 14.7 Å². The van der Waals surface area contributed by atoms with Crippen molar-refractivity contribution in [2.75, 3.05) is 40.3 Å². The van der Waals surface area contributed by atoms with Gasteiger partial charge in [-0.15, -0.1) is 0 Å². The summed E-state index contributed by atoms with van der Waals surface area (Å²) < 4.78 is 0. The molecule has 0 N–H and O–H groups in total. The maximum atomic E-state index is 13.2. The molecule has 1 saturated carbocycles. The van der Waals surface area contributed by atoms with Gasteiger partial charge in [-0.2, -0.15) is 0 Å². The monoisotopic (exact) mass is 399 g/mol. The number of rotatable bonds is 8. The van der Waals surface area contributed by atoms with Crippen molar-refractivity contribution in [2.24, 2.45) is 5.92 Å². The Labute approximate surface area is 178 Å². The summed E-state index contributed by atoms with van der Waals surface area (Å²) in [4.78, 5) is 20.1. The molecule has 4 heteroatoms. The van der Waals surface area contributed by atoms with Crippen LogP contribution >= 0.6 is 0 Å². The van der Waals surface area contributed by atoms with Gasteiger partial charge in [-0.3, -0.25) is 9.69 Å². The molecule has 1 aliphatic carbocycles. The first-order valence-corrected chi connectivity index (χ1v) is 11.7. The largest absolute Gasteiger partial charge is 0.338 e. The number of carbonyl (C=O) groups excluding carboxylic acids is 1. The standard InChI is InChI=1S/C25H41N3O/c1-20-9-5-6-10-23(20)15-18-27-16-13-22(14-17-27)19-28(24-11-7-8-12-24)25(29)21(2)26(3)4/h5-6,9-10,21-22,24H,7-8,11-19H2,1-4H3. The average Bonchev–Trinajstić information content (AvgIpc) is 3.25. The van der Waals surface area contributed by atoms with Gasteiger partial charge in [0.15, 0.2) is 0 Å². The first kappa shape index (κ1) is 22.3. The zero-order valence-electron chi connectivity index (χ0n) is 19.1. The zero-order valence-corrected chi connectivity index (χ0v) is 19.1. The Kier molecular flexibility index (Phi) is 8.14. The van der Waals surface area contributed by atoms with Crippen LogP contribution in [0.5, 0.6) is 0 Å². The summed E-state index contributed by atoms with van der Waals surface area (Å²) in [5, 5.41) is 0. The van der Waals surface area contributed by atoms with E-state index < -0.39 is 0 Å². The summed E-state index contributed by atoms with van der Waals surface area (Å²) in [5.74, 6) is 0.993. The number of hydrogen-bond donors (Lipinski definition) is 0. The van der Waals surface area contributed by atoms with E-state index in [9.17, 15) is 4.79 Å². The van der Waals surface area contributed by atoms with Crippen molar-refractivity contribution in [2.45, 2.75) is 70.9 Å². The third kappa shape index (κ3) is 6.05. The van der Waals surface area contributed by atoms with Crippen LogP contribution in [0.1, 0.15) is 56.6 Å². The van der Waals surface area contributed by atoms with E-state index >= 15 is 0 Å². The maximum absolute atomic E-state index is 13.2. The van der Waals surface area contributed by atoms with Gasteiger partial charge in [-0.25, -0.2) is 0 Å². The van der Waals surface area contributed by atoms with Crippen LogP contribution in [0.25, 0.3) is 0 Å². The summed E-state index contributed by atoms with van der Waals surface area (Å²) >= 11 is 0. The lowest BCUT2D eigenvalue weighted by molar-refractivity contribution is -0.138. The lowest BCUT2D eigenvalue weighted by Crippen LogP contribution is -2.51. The Morgan fingerprint density at radius 2 is 1.76 bits per heavy atom. The highest BCUT2D eigenvalue weighted by Crippen LogP contribution is 2.28. The van der Waals surface area contributed by atoms with Crippen LogP contribution in [0, 0.1) is 12.8 Å². The number of hydrogen-bond acceptors (Lipinski definition) is 3. The number of likely N-dealkylation sites (tertiary alicyclic amines) is 1. The molecule has 1 aromatic rings. The Morgan fingerprint density at radius 1 is 1.10 bits per heavy atom. The average molecular weight is 400 g/mol. The minimum atomic E-state index is -0.0233. The van der Waals surface area contributed by atoms with Crippen LogP contribution in [0.3, 0.4) is 0 Å². The second-order valence-corrected chi connectivity index (χ2v) is 9.53. The Bertz CT molecular complexity index is 645. The van der Waals surface area contributed by atoms with Crippen molar-refractivity contribution in [3.8, 4) is 0 Å². The van der Waals surface area contributed by atoms with E-state index in [1.807, 2.05) is 14.1 Å². The molecule has 0 bridgehead atoms. The molecule has 29 heavy (non-hydrogen) atoms. The molecule has 0 radical (unpaired) electrons. The number of likely N-dealkylation sites (N-methyl/N-ethyl adjacent to an activating group) is 1. The number of amides is 1. The van der Waals surface area contributed by atoms with Gasteiger partial charge in [-0.1, -0.05) is 37.1 Å². The molecule has 1 amide bonds. The highest BCUT2D eigenvalue weighted by molar-refractivity contribution is 5.81. The van der Waals surface area contributed by atoms with Crippen molar-refractivity contribution >= 4 is 5.91 Å². The molecule has 2 fully saturated rings. The summed E-state index contributed by atoms with van der Waals surface area (Å²) in [5.41, 5.74) is 2.88. The van der Waals surface area contributed by atoms with Gasteiger partial charge in [0.1, 0.15) is 0 Å². The predicted octanol–water partition coefficient (Wildman–Crippen LogP) is 3.97. The predicted molar refractivity (Wildman–Crippen MR) is 121 cm³/mol. The van der Waals surface area contributed by atoms with Crippen LogP contribution in [0.15, 0.2) is 24.3 Å². The fourth-order valence-corrected chi connectivity index (χ4v) is 4.94. The van der Waals surface area contributed by atoms with E-state index in [0.29, 0.717) is 17.9 Å². The summed E-state index contributed by atoms with van der Waals surface area (Å²) in [7, 11) is 4.03. The first-order valence-electron chi connectivity index (χ1n) is 11.7. The van der Waals surface area contributed by atoms with Crippen LogP contribution in [-0.2, 0) is 11.2 Å². The minimum absolute atomic E-state index is 0.0233. The summed E-state index contributed by atoms with van der Waals surface area (Å²) in [6, 6.07) is 9.20. The first-order chi connectivity index (χ1) is 14.0. The van der Waals surface area contributed by atoms with Gasteiger partial charge in [0.25, 0.3) is 0 Å². The molecule has 1 heterocycles. The molecule has 0 aromatic heterocycles. The maximum Gasteiger partial charge on any atom is 0.239 e. The topological polar surface area (TPSA) is 26.8 Å². The third-order valence-corrected chi connectivity index (χ3v) is 7.30. The van der Waals surface area contributed by atoms with Crippen LogP contribution in [0.4, 0.5) is 0 Å². The van der Waals surface area contributed by atoms with Gasteiger partial charge in [0, 0.05) is 19.1 Å². The van der Waals surface area contributed by atoms with Gasteiger partial charge in [0.05, 0.1) is 6.04 Å². The molecule has 1 aromatic carbocycles. The Balaban J connectivity index is 1.50. The lowest BCUT2D eigenvalue weighted by atomic mass is 9.94. The molecule has 3 rings (SSSR count). The fraction of sp³-hybridized carbons (Fsp3) is 0.720. The third-order valence-electron chi connectivity index (χ3n) is 7.30. The SMILES string of the molecule is Cc1ccccc1CCN1CCC(CN(C(=O)C(C)N(C)C)C2CCCC2)CC1. The van der Waals surface area contributed by atoms with Crippen molar-refractivity contribution in [3.63, 3.8) is 0 Å². The second-order valence-electron chi connectivity index (χ2n) is 9.53. The molecular weight excluding hydrogens is 358 g/mol. The molecule has 1 unspecified atom stereocenters. The second kappa shape index (κ2) is 10.6.